The number of hydrogen-bond acceptors (Lipinski definition) is 2. The van der Waals surface area contributed by atoms with Crippen LogP contribution in [-0.4, -0.2) is 20.1 Å². The average Bonchev–Trinajstić information content (AvgIpc) is 2.34. The molecule has 1 unspecified atom stereocenters. The van der Waals surface area contributed by atoms with Crippen molar-refractivity contribution in [3.8, 4) is 0 Å². The number of nitrogens with zero attached hydrogens (tertiary/aromatic N) is 1. The van der Waals surface area contributed by atoms with Crippen molar-refractivity contribution in [1.82, 2.24) is 5.32 Å². The van der Waals surface area contributed by atoms with E-state index in [0.29, 0.717) is 6.04 Å². The first-order valence-electron chi connectivity index (χ1n) is 6.34. The van der Waals surface area contributed by atoms with Crippen molar-refractivity contribution in [3.63, 3.8) is 0 Å². The molecule has 0 aliphatic rings. The van der Waals surface area contributed by atoms with Gasteiger partial charge in [0.2, 0.25) is 0 Å². The predicted octanol–water partition coefficient (Wildman–Crippen LogP) is 3.97. The zero-order valence-electron chi connectivity index (χ0n) is 11.3. The minimum Gasteiger partial charge on any atom is -0.375 e. The molecule has 0 aromatic heterocycles. The van der Waals surface area contributed by atoms with E-state index in [2.05, 4.69) is 72.2 Å². The Bertz CT molecular complexity index is 352. The highest BCUT2D eigenvalue weighted by Gasteiger charge is 2.09. The second-order valence-corrected chi connectivity index (χ2v) is 5.25. The van der Waals surface area contributed by atoms with Crippen LogP contribution >= 0.6 is 15.9 Å². The summed E-state index contributed by atoms with van der Waals surface area (Å²) >= 11 is 3.67. The van der Waals surface area contributed by atoms with Gasteiger partial charge in [-0.05, 0) is 44.5 Å². The van der Waals surface area contributed by atoms with Crippen molar-refractivity contribution in [1.29, 1.82) is 0 Å². The predicted molar refractivity (Wildman–Crippen MR) is 79.8 cm³/mol. The van der Waals surface area contributed by atoms with Crippen LogP contribution < -0.4 is 10.2 Å². The van der Waals surface area contributed by atoms with Crippen LogP contribution in [-0.2, 0) is 0 Å². The largest absolute Gasteiger partial charge is 0.375 e. The van der Waals surface area contributed by atoms with Crippen molar-refractivity contribution in [2.45, 2.75) is 33.2 Å². The van der Waals surface area contributed by atoms with Gasteiger partial charge in [0.15, 0.2) is 0 Å². The van der Waals surface area contributed by atoms with E-state index < -0.39 is 0 Å². The Balaban J connectivity index is 2.82. The van der Waals surface area contributed by atoms with Gasteiger partial charge in [-0.2, -0.15) is 0 Å². The van der Waals surface area contributed by atoms with Crippen LogP contribution in [0.15, 0.2) is 22.7 Å². The molecule has 0 bridgehead atoms. The summed E-state index contributed by atoms with van der Waals surface area (Å²) in [5.74, 6) is 0. The molecule has 1 aromatic carbocycles. The van der Waals surface area contributed by atoms with E-state index in [-0.39, 0.29) is 0 Å². The van der Waals surface area contributed by atoms with Crippen molar-refractivity contribution in [2.75, 3.05) is 25.0 Å². The molecule has 0 fully saturated rings. The smallest absolute Gasteiger partial charge is 0.0375 e. The summed E-state index contributed by atoms with van der Waals surface area (Å²) < 4.78 is 1.19. The summed E-state index contributed by atoms with van der Waals surface area (Å²) in [6.07, 6.45) is 1.17. The molecule has 3 heteroatoms. The van der Waals surface area contributed by atoms with Gasteiger partial charge < -0.3 is 10.2 Å². The average molecular weight is 299 g/mol. The minimum absolute atomic E-state index is 0.394. The van der Waals surface area contributed by atoms with Crippen LogP contribution in [0.2, 0.25) is 0 Å². The lowest BCUT2D eigenvalue weighted by atomic mass is 10.1. The quantitative estimate of drug-likeness (QED) is 0.855. The normalized spacial score (nSPS) is 12.5. The van der Waals surface area contributed by atoms with E-state index in [4.69, 9.17) is 0 Å². The van der Waals surface area contributed by atoms with Gasteiger partial charge in [0, 0.05) is 29.8 Å². The Labute approximate surface area is 114 Å². The first kappa shape index (κ1) is 14.5. The van der Waals surface area contributed by atoms with Gasteiger partial charge in [-0.3, -0.25) is 0 Å². The highest BCUT2D eigenvalue weighted by Crippen LogP contribution is 2.27. The molecule has 1 N–H and O–H groups in total. The Morgan fingerprint density at radius 1 is 1.35 bits per heavy atom. The molecule has 96 valence electrons. The number of nitrogens with one attached hydrogen (secondary N) is 1. The lowest BCUT2D eigenvalue weighted by Gasteiger charge is -2.20. The van der Waals surface area contributed by atoms with Gasteiger partial charge in [-0.25, -0.2) is 0 Å². The molecule has 1 atom stereocenters. The molecule has 0 radical (unpaired) electrons. The molecule has 0 aliphatic carbocycles. The number of halogens is 1. The fraction of sp³-hybridized carbons (Fsp3) is 0.571. The van der Waals surface area contributed by atoms with Crippen LogP contribution in [0.4, 0.5) is 5.69 Å². The Morgan fingerprint density at radius 3 is 2.59 bits per heavy atom. The number of benzene rings is 1. The van der Waals surface area contributed by atoms with E-state index in [1.165, 1.54) is 22.1 Å². The number of anilines is 1. The SMILES string of the molecule is CCCNC(C)c1ccc(N(C)CC)cc1Br. The topological polar surface area (TPSA) is 15.3 Å². The van der Waals surface area contributed by atoms with Crippen LogP contribution in [0.25, 0.3) is 0 Å². The molecule has 0 amide bonds. The summed E-state index contributed by atoms with van der Waals surface area (Å²) in [5.41, 5.74) is 2.58. The summed E-state index contributed by atoms with van der Waals surface area (Å²) in [7, 11) is 2.11. The summed E-state index contributed by atoms with van der Waals surface area (Å²) in [5, 5.41) is 3.51. The zero-order chi connectivity index (χ0) is 12.8. The van der Waals surface area contributed by atoms with Crippen molar-refractivity contribution < 1.29 is 0 Å². The van der Waals surface area contributed by atoms with Crippen LogP contribution in [0.3, 0.4) is 0 Å². The van der Waals surface area contributed by atoms with Gasteiger partial charge in [-0.15, -0.1) is 0 Å². The maximum absolute atomic E-state index is 3.67. The Hall–Kier alpha value is -0.540. The molecule has 0 saturated heterocycles. The lowest BCUT2D eigenvalue weighted by Crippen LogP contribution is -2.20. The molecule has 17 heavy (non-hydrogen) atoms. The molecular formula is C14H23BrN2. The van der Waals surface area contributed by atoms with Crippen LogP contribution in [0.5, 0.6) is 0 Å². The Morgan fingerprint density at radius 2 is 2.06 bits per heavy atom. The van der Waals surface area contributed by atoms with Gasteiger partial charge in [0.1, 0.15) is 0 Å². The van der Waals surface area contributed by atoms with Gasteiger partial charge in [-0.1, -0.05) is 28.9 Å². The molecule has 0 spiro atoms. The third-order valence-corrected chi connectivity index (χ3v) is 3.75. The number of rotatable bonds is 6. The van der Waals surface area contributed by atoms with Gasteiger partial charge >= 0.3 is 0 Å². The van der Waals surface area contributed by atoms with Crippen molar-refractivity contribution >= 4 is 21.6 Å². The van der Waals surface area contributed by atoms with Gasteiger partial charge in [0.25, 0.3) is 0 Å². The monoisotopic (exact) mass is 298 g/mol. The summed E-state index contributed by atoms with van der Waals surface area (Å²) in [6, 6.07) is 6.99. The Kier molecular flexibility index (Phi) is 6.00. The second-order valence-electron chi connectivity index (χ2n) is 4.40. The summed E-state index contributed by atoms with van der Waals surface area (Å²) in [4.78, 5) is 2.23. The molecule has 0 heterocycles. The summed E-state index contributed by atoms with van der Waals surface area (Å²) in [6.45, 7) is 8.64. The standard InChI is InChI=1S/C14H23BrN2/c1-5-9-16-11(3)13-8-7-12(10-14(13)15)17(4)6-2/h7-8,10-11,16H,5-6,9H2,1-4H3. The third kappa shape index (κ3) is 4.00. The molecular weight excluding hydrogens is 276 g/mol. The molecule has 0 aliphatic heterocycles. The maximum atomic E-state index is 3.67. The fourth-order valence-electron chi connectivity index (χ4n) is 1.76. The first-order chi connectivity index (χ1) is 8.10. The number of hydrogen-bond donors (Lipinski definition) is 1. The minimum atomic E-state index is 0.394. The highest BCUT2D eigenvalue weighted by molar-refractivity contribution is 9.10. The molecule has 0 saturated carbocycles. The molecule has 1 rings (SSSR count). The van der Waals surface area contributed by atoms with E-state index in [0.717, 1.165) is 13.1 Å². The second kappa shape index (κ2) is 7.02. The third-order valence-electron chi connectivity index (χ3n) is 3.07. The van der Waals surface area contributed by atoms with E-state index >= 15 is 0 Å². The van der Waals surface area contributed by atoms with E-state index in [1.807, 2.05) is 0 Å². The maximum Gasteiger partial charge on any atom is 0.0375 e. The van der Waals surface area contributed by atoms with Crippen LogP contribution in [0, 0.1) is 0 Å². The lowest BCUT2D eigenvalue weighted by molar-refractivity contribution is 0.569. The molecule has 2 nitrogen and oxygen atoms in total. The van der Waals surface area contributed by atoms with Gasteiger partial charge in [0.05, 0.1) is 0 Å². The van der Waals surface area contributed by atoms with E-state index in [9.17, 15) is 0 Å². The van der Waals surface area contributed by atoms with Crippen LogP contribution in [0.1, 0.15) is 38.8 Å². The fourth-order valence-corrected chi connectivity index (χ4v) is 2.47. The van der Waals surface area contributed by atoms with Crippen molar-refractivity contribution in [3.05, 3.63) is 28.2 Å². The first-order valence-corrected chi connectivity index (χ1v) is 7.13. The van der Waals surface area contributed by atoms with Crippen molar-refractivity contribution in [2.24, 2.45) is 0 Å². The zero-order valence-corrected chi connectivity index (χ0v) is 12.8. The molecule has 1 aromatic rings. The van der Waals surface area contributed by atoms with E-state index in [1.54, 1.807) is 0 Å². The highest BCUT2D eigenvalue weighted by atomic mass is 79.9.